The minimum atomic E-state index is -4.58. The number of carbonyl (C=O) groups is 2. The van der Waals surface area contributed by atoms with Crippen molar-refractivity contribution in [1.29, 1.82) is 0 Å². The van der Waals surface area contributed by atoms with Gasteiger partial charge in [0.2, 0.25) is 0 Å². The van der Waals surface area contributed by atoms with Crippen LogP contribution in [0.1, 0.15) is 23.3 Å². The third kappa shape index (κ3) is 4.50. The number of alkyl halides is 3. The highest BCUT2D eigenvalue weighted by Gasteiger charge is 2.39. The van der Waals surface area contributed by atoms with Gasteiger partial charge in [0, 0.05) is 19.3 Å². The average molecular weight is 455 g/mol. The zero-order chi connectivity index (χ0) is 22.2. The molecule has 3 amide bonds. The molecular formula is C19H18ClF3N6O2. The summed E-state index contributed by atoms with van der Waals surface area (Å²) in [5.74, 6) is -0.559. The van der Waals surface area contributed by atoms with E-state index in [1.54, 1.807) is 23.5 Å². The molecule has 31 heavy (non-hydrogen) atoms. The highest BCUT2D eigenvalue weighted by molar-refractivity contribution is 6.34. The lowest BCUT2D eigenvalue weighted by molar-refractivity contribution is -0.123. The van der Waals surface area contributed by atoms with E-state index in [0.29, 0.717) is 24.5 Å². The first-order valence-corrected chi connectivity index (χ1v) is 9.92. The molecule has 8 nitrogen and oxygen atoms in total. The number of halogens is 4. The van der Waals surface area contributed by atoms with Gasteiger partial charge in [0.25, 0.3) is 5.91 Å². The van der Waals surface area contributed by atoms with Crippen molar-refractivity contribution in [3.05, 3.63) is 41.2 Å². The Labute approximate surface area is 180 Å². The molecule has 2 aliphatic rings. The molecule has 0 radical (unpaired) electrons. The van der Waals surface area contributed by atoms with Gasteiger partial charge < -0.3 is 10.2 Å². The van der Waals surface area contributed by atoms with Gasteiger partial charge in [-0.05, 0) is 31.0 Å². The van der Waals surface area contributed by atoms with Crippen molar-refractivity contribution in [2.24, 2.45) is 0 Å². The monoisotopic (exact) mass is 454 g/mol. The average Bonchev–Trinajstić information content (AvgIpc) is 2.73. The lowest BCUT2D eigenvalue weighted by atomic mass is 9.99. The Morgan fingerprint density at radius 3 is 2.81 bits per heavy atom. The molecule has 1 saturated heterocycles. The summed E-state index contributed by atoms with van der Waals surface area (Å²) in [5, 5.41) is 4.38. The summed E-state index contributed by atoms with van der Waals surface area (Å²) in [6, 6.07) is 5.81. The molecule has 0 aromatic carbocycles. The van der Waals surface area contributed by atoms with E-state index in [2.05, 4.69) is 15.3 Å². The van der Waals surface area contributed by atoms with Crippen LogP contribution in [0.5, 0.6) is 0 Å². The number of nitrogens with zero attached hydrogens (tertiary/aromatic N) is 4. The fourth-order valence-corrected chi connectivity index (χ4v) is 3.96. The Balaban J connectivity index is 1.69. The normalized spacial score (nSPS) is 17.7. The standard InChI is InChI=1S/C19H18ClF3N6O2/c20-12-8-13-16(27-15(12)17(30)25-10-19(21,22)23)29(11-4-3-7-28(13)9-11)18(31)26-14-5-1-2-6-24-14/h1-2,5-6,8,11H,3-4,7,9-10H2,(H,25,30)(H,24,26,31)/t11-/m0/s1. The summed E-state index contributed by atoms with van der Waals surface area (Å²) in [6.45, 7) is -0.239. The predicted molar refractivity (Wildman–Crippen MR) is 109 cm³/mol. The van der Waals surface area contributed by atoms with Crippen molar-refractivity contribution in [3.63, 3.8) is 0 Å². The van der Waals surface area contributed by atoms with E-state index < -0.39 is 24.7 Å². The molecule has 2 N–H and O–H groups in total. The van der Waals surface area contributed by atoms with Crippen LogP contribution in [-0.2, 0) is 0 Å². The maximum absolute atomic E-state index is 13.1. The van der Waals surface area contributed by atoms with Crippen LogP contribution in [0.4, 0.5) is 35.3 Å². The van der Waals surface area contributed by atoms with Gasteiger partial charge in [0.1, 0.15) is 18.1 Å². The maximum atomic E-state index is 13.1. The second-order valence-corrected chi connectivity index (χ2v) is 7.62. The Hall–Kier alpha value is -3.08. The first-order valence-electron chi connectivity index (χ1n) is 9.54. The molecule has 2 aromatic rings. The summed E-state index contributed by atoms with van der Waals surface area (Å²) in [6.07, 6.45) is -1.49. The Morgan fingerprint density at radius 1 is 1.29 bits per heavy atom. The molecular weight excluding hydrogens is 437 g/mol. The lowest BCUT2D eigenvalue weighted by Gasteiger charge is -2.45. The van der Waals surface area contributed by atoms with Gasteiger partial charge in [-0.1, -0.05) is 17.7 Å². The minimum absolute atomic E-state index is 0.0902. The van der Waals surface area contributed by atoms with Crippen LogP contribution >= 0.6 is 11.6 Å². The van der Waals surface area contributed by atoms with Gasteiger partial charge in [0.05, 0.1) is 16.8 Å². The van der Waals surface area contributed by atoms with Crippen molar-refractivity contribution in [3.8, 4) is 0 Å². The third-order valence-electron chi connectivity index (χ3n) is 5.05. The van der Waals surface area contributed by atoms with Crippen LogP contribution in [-0.4, -0.2) is 53.8 Å². The zero-order valence-corrected chi connectivity index (χ0v) is 16.9. The molecule has 1 fully saturated rings. The predicted octanol–water partition coefficient (Wildman–Crippen LogP) is 3.44. The molecule has 12 heteroatoms. The van der Waals surface area contributed by atoms with E-state index in [0.717, 1.165) is 13.0 Å². The quantitative estimate of drug-likeness (QED) is 0.741. The van der Waals surface area contributed by atoms with Gasteiger partial charge in [-0.25, -0.2) is 14.8 Å². The Kier molecular flexibility index (Phi) is 5.61. The number of pyridine rings is 2. The molecule has 0 spiro atoms. The lowest BCUT2D eigenvalue weighted by Crippen LogP contribution is -2.56. The van der Waals surface area contributed by atoms with Gasteiger partial charge >= 0.3 is 12.2 Å². The van der Waals surface area contributed by atoms with E-state index in [9.17, 15) is 22.8 Å². The van der Waals surface area contributed by atoms with Crippen LogP contribution in [0, 0.1) is 0 Å². The van der Waals surface area contributed by atoms with Gasteiger partial charge in [-0.2, -0.15) is 13.2 Å². The van der Waals surface area contributed by atoms with E-state index in [1.807, 2.05) is 4.90 Å². The number of fused-ring (bicyclic) bond motifs is 4. The van der Waals surface area contributed by atoms with Gasteiger partial charge in [-0.3, -0.25) is 15.0 Å². The van der Waals surface area contributed by atoms with E-state index in [1.165, 1.54) is 17.2 Å². The number of rotatable bonds is 3. The molecule has 2 bridgehead atoms. The molecule has 4 heterocycles. The number of hydrogen-bond donors (Lipinski definition) is 2. The zero-order valence-electron chi connectivity index (χ0n) is 16.1. The SMILES string of the molecule is O=C(NCC(F)(F)F)c1nc2c(cc1Cl)N1CCC[C@@H](C1)N2C(=O)Nc1ccccn1. The molecule has 4 rings (SSSR count). The minimum Gasteiger partial charge on any atom is -0.366 e. The second-order valence-electron chi connectivity index (χ2n) is 7.22. The molecule has 2 aromatic heterocycles. The summed E-state index contributed by atoms with van der Waals surface area (Å²) >= 11 is 6.18. The summed E-state index contributed by atoms with van der Waals surface area (Å²) in [4.78, 5) is 37.1. The first kappa shape index (κ1) is 21.2. The number of aromatic nitrogens is 2. The van der Waals surface area contributed by atoms with E-state index in [4.69, 9.17) is 11.6 Å². The van der Waals surface area contributed by atoms with Crippen molar-refractivity contribution in [2.75, 3.05) is 34.8 Å². The number of anilines is 3. The first-order chi connectivity index (χ1) is 14.7. The number of urea groups is 1. The Bertz CT molecular complexity index is 1000. The molecule has 0 saturated carbocycles. The number of carbonyl (C=O) groups excluding carboxylic acids is 2. The second kappa shape index (κ2) is 8.22. The number of amides is 3. The summed E-state index contributed by atoms with van der Waals surface area (Å²) in [5.41, 5.74) is 0.172. The fraction of sp³-hybridized carbons (Fsp3) is 0.368. The number of nitrogens with one attached hydrogen (secondary N) is 2. The molecule has 2 aliphatic heterocycles. The molecule has 1 atom stereocenters. The summed E-state index contributed by atoms with van der Waals surface area (Å²) in [7, 11) is 0. The van der Waals surface area contributed by atoms with Gasteiger partial charge in [-0.15, -0.1) is 0 Å². The smallest absolute Gasteiger partial charge is 0.366 e. The molecule has 164 valence electrons. The van der Waals surface area contributed by atoms with E-state index in [-0.39, 0.29) is 22.6 Å². The van der Waals surface area contributed by atoms with Crippen molar-refractivity contribution >= 4 is 40.9 Å². The van der Waals surface area contributed by atoms with Crippen molar-refractivity contribution in [1.82, 2.24) is 15.3 Å². The highest BCUT2D eigenvalue weighted by atomic mass is 35.5. The van der Waals surface area contributed by atoms with E-state index >= 15 is 0 Å². The maximum Gasteiger partial charge on any atom is 0.405 e. The molecule has 0 aliphatic carbocycles. The summed E-state index contributed by atoms with van der Waals surface area (Å²) < 4.78 is 37.5. The van der Waals surface area contributed by atoms with Crippen molar-refractivity contribution < 1.29 is 22.8 Å². The van der Waals surface area contributed by atoms with Crippen LogP contribution in [0.2, 0.25) is 5.02 Å². The van der Waals surface area contributed by atoms with Crippen LogP contribution in [0.15, 0.2) is 30.5 Å². The Morgan fingerprint density at radius 2 is 2.10 bits per heavy atom. The van der Waals surface area contributed by atoms with Crippen LogP contribution in [0.25, 0.3) is 0 Å². The fourth-order valence-electron chi connectivity index (χ4n) is 3.73. The largest absolute Gasteiger partial charge is 0.405 e. The van der Waals surface area contributed by atoms with Crippen LogP contribution in [0.3, 0.4) is 0 Å². The highest BCUT2D eigenvalue weighted by Crippen LogP contribution is 2.40. The van der Waals surface area contributed by atoms with Gasteiger partial charge in [0.15, 0.2) is 5.82 Å². The number of piperidine rings is 1. The van der Waals surface area contributed by atoms with Crippen molar-refractivity contribution in [2.45, 2.75) is 25.1 Å². The third-order valence-corrected chi connectivity index (χ3v) is 5.34. The number of hydrogen-bond acceptors (Lipinski definition) is 5. The topological polar surface area (TPSA) is 90.5 Å². The molecule has 0 unspecified atom stereocenters. The van der Waals surface area contributed by atoms with Crippen LogP contribution < -0.4 is 20.4 Å².